The molecule has 0 aliphatic carbocycles. The summed E-state index contributed by atoms with van der Waals surface area (Å²) in [6.45, 7) is 0. The minimum Gasteiger partial charge on any atom is -0.428 e. The van der Waals surface area contributed by atoms with Gasteiger partial charge in [0, 0.05) is 0 Å². The smallest absolute Gasteiger partial charge is 0.428 e. The predicted octanol–water partition coefficient (Wildman–Crippen LogP) is -2.60. The number of carbonyl (C=O) groups is 4. The Hall–Kier alpha value is -2.24. The van der Waals surface area contributed by atoms with Gasteiger partial charge in [-0.25, -0.2) is 0 Å². The van der Waals surface area contributed by atoms with Crippen molar-refractivity contribution in [2.75, 3.05) is 0 Å². The third-order valence-corrected chi connectivity index (χ3v) is 2.87. The summed E-state index contributed by atoms with van der Waals surface area (Å²) in [5, 5.41) is 30.0. The van der Waals surface area contributed by atoms with E-state index in [-0.39, 0.29) is 0 Å². The summed E-state index contributed by atoms with van der Waals surface area (Å²) in [6.07, 6.45) is -4.65. The summed E-state index contributed by atoms with van der Waals surface area (Å²) in [4.78, 5) is 45.5. The van der Waals surface area contributed by atoms with Crippen molar-refractivity contribution in [3.8, 4) is 0 Å². The molecule has 11 nitrogen and oxygen atoms in total. The maximum absolute atomic E-state index is 11.5. The molecule has 22 heavy (non-hydrogen) atoms. The molecule has 0 bridgehead atoms. The lowest BCUT2D eigenvalue weighted by Gasteiger charge is -2.40. The van der Waals surface area contributed by atoms with E-state index >= 15 is 0 Å². The first kappa shape index (κ1) is 16.1. The Morgan fingerprint density at radius 1 is 0.773 bits per heavy atom. The van der Waals surface area contributed by atoms with Gasteiger partial charge in [-0.3, -0.25) is 19.2 Å². The Balaban J connectivity index is 2.41. The molecule has 0 spiro atoms. The molecule has 2 saturated heterocycles. The number of cyclic esters (lactones) is 4. The summed E-state index contributed by atoms with van der Waals surface area (Å²) in [7, 11) is 0. The SMILES string of the molecule is O=C1CCC(=O)OC(O)(C2(O)OC(=O)CCC(=O)O2)C(O)O1. The number of aliphatic hydroxyl groups excluding tert-OH is 1. The van der Waals surface area contributed by atoms with Gasteiger partial charge in [-0.05, 0) is 0 Å². The topological polar surface area (TPSA) is 166 Å². The van der Waals surface area contributed by atoms with Crippen LogP contribution in [-0.2, 0) is 38.1 Å². The molecule has 2 aliphatic heterocycles. The predicted molar refractivity (Wildman–Crippen MR) is 58.7 cm³/mol. The second-order valence-corrected chi connectivity index (χ2v) is 4.54. The number of hydrogen-bond donors (Lipinski definition) is 3. The first-order valence-electron chi connectivity index (χ1n) is 6.14. The van der Waals surface area contributed by atoms with Gasteiger partial charge in [0.1, 0.15) is 0 Å². The number of hydrogen-bond acceptors (Lipinski definition) is 11. The fourth-order valence-corrected chi connectivity index (χ4v) is 1.74. The van der Waals surface area contributed by atoms with Crippen LogP contribution in [-0.4, -0.2) is 57.2 Å². The van der Waals surface area contributed by atoms with Gasteiger partial charge in [0.15, 0.2) is 0 Å². The van der Waals surface area contributed by atoms with Crippen molar-refractivity contribution in [2.45, 2.75) is 43.7 Å². The second-order valence-electron chi connectivity index (χ2n) is 4.54. The Labute approximate surface area is 122 Å². The fraction of sp³-hybridized carbons (Fsp3) is 0.636. The van der Waals surface area contributed by atoms with E-state index in [2.05, 4.69) is 18.9 Å². The Morgan fingerprint density at radius 3 is 1.68 bits per heavy atom. The zero-order valence-corrected chi connectivity index (χ0v) is 11.0. The van der Waals surface area contributed by atoms with E-state index in [1.807, 2.05) is 0 Å². The fourth-order valence-electron chi connectivity index (χ4n) is 1.74. The average molecular weight is 320 g/mol. The van der Waals surface area contributed by atoms with E-state index in [0.29, 0.717) is 0 Å². The largest absolute Gasteiger partial charge is 0.450 e. The van der Waals surface area contributed by atoms with Crippen molar-refractivity contribution in [1.29, 1.82) is 0 Å². The lowest BCUT2D eigenvalue weighted by atomic mass is 10.2. The van der Waals surface area contributed by atoms with Crippen LogP contribution in [0.3, 0.4) is 0 Å². The molecule has 2 unspecified atom stereocenters. The van der Waals surface area contributed by atoms with E-state index < -0.39 is 67.6 Å². The molecule has 122 valence electrons. The first-order valence-corrected chi connectivity index (χ1v) is 6.14. The number of rotatable bonds is 1. The first-order chi connectivity index (χ1) is 10.2. The summed E-state index contributed by atoms with van der Waals surface area (Å²) in [5.41, 5.74) is 0. The molecule has 2 aliphatic rings. The van der Waals surface area contributed by atoms with E-state index in [9.17, 15) is 34.5 Å². The van der Waals surface area contributed by atoms with Crippen LogP contribution in [0.25, 0.3) is 0 Å². The highest BCUT2D eigenvalue weighted by Crippen LogP contribution is 2.35. The van der Waals surface area contributed by atoms with Crippen LogP contribution in [0, 0.1) is 0 Å². The van der Waals surface area contributed by atoms with Gasteiger partial charge in [-0.1, -0.05) is 0 Å². The maximum Gasteiger partial charge on any atom is 0.450 e. The zero-order valence-electron chi connectivity index (χ0n) is 11.0. The molecule has 0 aromatic heterocycles. The zero-order chi connectivity index (χ0) is 16.5. The van der Waals surface area contributed by atoms with Gasteiger partial charge in [0.2, 0.25) is 0 Å². The number of carbonyl (C=O) groups excluding carboxylic acids is 4. The van der Waals surface area contributed by atoms with Crippen LogP contribution < -0.4 is 0 Å². The number of esters is 4. The van der Waals surface area contributed by atoms with Crippen LogP contribution in [0.5, 0.6) is 0 Å². The molecule has 2 rings (SSSR count). The number of ether oxygens (including phenoxy) is 4. The number of aliphatic hydroxyl groups is 3. The third kappa shape index (κ3) is 2.86. The lowest BCUT2D eigenvalue weighted by molar-refractivity contribution is -0.476. The third-order valence-electron chi connectivity index (χ3n) is 2.87. The molecule has 2 fully saturated rings. The van der Waals surface area contributed by atoms with Crippen molar-refractivity contribution in [1.82, 2.24) is 0 Å². The highest BCUT2D eigenvalue weighted by Gasteiger charge is 2.68. The van der Waals surface area contributed by atoms with E-state index in [1.165, 1.54) is 0 Å². The monoisotopic (exact) mass is 320 g/mol. The minimum atomic E-state index is -3.58. The van der Waals surface area contributed by atoms with Crippen molar-refractivity contribution in [2.24, 2.45) is 0 Å². The molecule has 3 N–H and O–H groups in total. The quantitative estimate of drug-likeness (QED) is 0.342. The molecule has 0 aromatic rings. The second kappa shape index (κ2) is 5.51. The molecule has 11 heteroatoms. The van der Waals surface area contributed by atoms with Gasteiger partial charge >= 0.3 is 35.6 Å². The highest BCUT2D eigenvalue weighted by atomic mass is 16.9. The summed E-state index contributed by atoms with van der Waals surface area (Å²) in [5.74, 6) is -11.8. The molecule has 0 amide bonds. The van der Waals surface area contributed by atoms with Crippen LogP contribution >= 0.6 is 0 Å². The maximum atomic E-state index is 11.5. The van der Waals surface area contributed by atoms with E-state index in [0.717, 1.165) is 0 Å². The Morgan fingerprint density at radius 2 is 1.18 bits per heavy atom. The van der Waals surface area contributed by atoms with Gasteiger partial charge in [-0.2, -0.15) is 0 Å². The Kier molecular flexibility index (Phi) is 4.04. The summed E-state index contributed by atoms with van der Waals surface area (Å²) < 4.78 is 17.5. The lowest BCUT2D eigenvalue weighted by Crippen LogP contribution is -2.68. The normalized spacial score (nSPS) is 32.6. The van der Waals surface area contributed by atoms with Gasteiger partial charge in [-0.15, -0.1) is 0 Å². The molecular weight excluding hydrogens is 308 g/mol. The van der Waals surface area contributed by atoms with Crippen molar-refractivity contribution >= 4 is 23.9 Å². The van der Waals surface area contributed by atoms with E-state index in [1.54, 1.807) is 0 Å². The molecule has 2 heterocycles. The van der Waals surface area contributed by atoms with Gasteiger partial charge in [0.25, 0.3) is 6.29 Å². The summed E-state index contributed by atoms with van der Waals surface area (Å²) in [6, 6.07) is 0. The molecule has 0 aromatic carbocycles. The van der Waals surface area contributed by atoms with Crippen LogP contribution in [0.15, 0.2) is 0 Å². The molecule has 0 radical (unpaired) electrons. The van der Waals surface area contributed by atoms with Gasteiger partial charge < -0.3 is 34.3 Å². The Bertz CT molecular complexity index is 508. The molecule has 2 atom stereocenters. The minimum absolute atomic E-state index is 0.454. The molecule has 0 saturated carbocycles. The van der Waals surface area contributed by atoms with Crippen molar-refractivity contribution in [3.05, 3.63) is 0 Å². The van der Waals surface area contributed by atoms with Crippen LogP contribution in [0.2, 0.25) is 0 Å². The van der Waals surface area contributed by atoms with Gasteiger partial charge in [0.05, 0.1) is 25.7 Å². The highest BCUT2D eigenvalue weighted by molar-refractivity contribution is 5.81. The van der Waals surface area contributed by atoms with Crippen molar-refractivity contribution in [3.63, 3.8) is 0 Å². The van der Waals surface area contributed by atoms with Crippen LogP contribution in [0.4, 0.5) is 0 Å². The van der Waals surface area contributed by atoms with Crippen LogP contribution in [0.1, 0.15) is 25.7 Å². The summed E-state index contributed by atoms with van der Waals surface area (Å²) >= 11 is 0. The van der Waals surface area contributed by atoms with Crippen molar-refractivity contribution < 1.29 is 53.4 Å². The van der Waals surface area contributed by atoms with E-state index in [4.69, 9.17) is 0 Å². The standard InChI is InChI=1S/C11H12O11/c12-5-1-2-6(13)20-10(17,9(16)19-5)11(18)21-7(14)3-4-8(15)22-11/h9,16-18H,1-4H2. The average Bonchev–Trinajstić information content (AvgIpc) is 2.54. The molecular formula is C11H12O11.